The molecular weight excluding hydrogens is 174 g/mol. The molecule has 0 bridgehead atoms. The molecule has 0 spiro atoms. The van der Waals surface area contributed by atoms with Crippen molar-refractivity contribution in [1.29, 1.82) is 0 Å². The number of ether oxygens (including phenoxy) is 1. The van der Waals surface area contributed by atoms with E-state index in [-0.39, 0.29) is 0 Å². The van der Waals surface area contributed by atoms with Gasteiger partial charge in [0, 0.05) is 12.1 Å². The average Bonchev–Trinajstić information content (AvgIpc) is 2.09. The molecule has 0 aliphatic carbocycles. The van der Waals surface area contributed by atoms with E-state index in [2.05, 4.69) is 5.32 Å². The van der Waals surface area contributed by atoms with E-state index in [1.807, 2.05) is 26.1 Å². The summed E-state index contributed by atoms with van der Waals surface area (Å²) < 4.78 is 5.15. The summed E-state index contributed by atoms with van der Waals surface area (Å²) in [6.45, 7) is 1.96. The summed E-state index contributed by atoms with van der Waals surface area (Å²) in [6.07, 6.45) is 0. The largest absolute Gasteiger partial charge is 0.495 e. The van der Waals surface area contributed by atoms with Crippen LogP contribution in [-0.2, 0) is 0 Å². The Morgan fingerprint density at radius 2 is 2.08 bits per heavy atom. The van der Waals surface area contributed by atoms with Crippen molar-refractivity contribution in [3.05, 3.63) is 22.7 Å². The van der Waals surface area contributed by atoms with Gasteiger partial charge in [0.15, 0.2) is 0 Å². The summed E-state index contributed by atoms with van der Waals surface area (Å²) in [7, 11) is 3.49. The van der Waals surface area contributed by atoms with Crippen LogP contribution in [0.1, 0.15) is 5.56 Å². The lowest BCUT2D eigenvalue weighted by atomic mass is 10.2. The van der Waals surface area contributed by atoms with Crippen LogP contribution in [0.3, 0.4) is 0 Å². The number of rotatable bonds is 2. The second-order valence-corrected chi connectivity index (χ2v) is 2.91. The maximum Gasteiger partial charge on any atom is 0.142 e. The molecule has 1 rings (SSSR count). The molecular formula is C9H12ClNO. The minimum absolute atomic E-state index is 0.750. The molecule has 0 aliphatic heterocycles. The quantitative estimate of drug-likeness (QED) is 0.765. The van der Waals surface area contributed by atoms with Crippen molar-refractivity contribution in [1.82, 2.24) is 0 Å². The molecule has 0 heterocycles. The highest BCUT2D eigenvalue weighted by molar-refractivity contribution is 6.31. The molecule has 12 heavy (non-hydrogen) atoms. The van der Waals surface area contributed by atoms with Crippen molar-refractivity contribution < 1.29 is 4.74 Å². The van der Waals surface area contributed by atoms with Crippen molar-refractivity contribution in [3.8, 4) is 5.75 Å². The van der Waals surface area contributed by atoms with Crippen molar-refractivity contribution in [2.24, 2.45) is 0 Å². The third-order valence-electron chi connectivity index (χ3n) is 1.83. The van der Waals surface area contributed by atoms with Crippen LogP contribution in [0.4, 0.5) is 5.69 Å². The van der Waals surface area contributed by atoms with Gasteiger partial charge in [-0.25, -0.2) is 0 Å². The van der Waals surface area contributed by atoms with E-state index < -0.39 is 0 Å². The summed E-state index contributed by atoms with van der Waals surface area (Å²) in [5.74, 6) is 0.819. The molecule has 0 saturated carbocycles. The molecule has 2 nitrogen and oxygen atoms in total. The number of hydrogen-bond acceptors (Lipinski definition) is 2. The lowest BCUT2D eigenvalue weighted by Crippen LogP contribution is -1.96. The zero-order chi connectivity index (χ0) is 9.14. The van der Waals surface area contributed by atoms with Crippen LogP contribution in [0, 0.1) is 6.92 Å². The van der Waals surface area contributed by atoms with Crippen LogP contribution in [0.15, 0.2) is 12.1 Å². The highest BCUT2D eigenvalue weighted by atomic mass is 35.5. The first kappa shape index (κ1) is 9.20. The molecule has 1 N–H and O–H groups in total. The number of methoxy groups -OCH3 is 1. The number of nitrogens with one attached hydrogen (secondary N) is 1. The van der Waals surface area contributed by atoms with Gasteiger partial charge in [0.25, 0.3) is 0 Å². The van der Waals surface area contributed by atoms with Crippen LogP contribution in [0.2, 0.25) is 5.02 Å². The minimum atomic E-state index is 0.750. The van der Waals surface area contributed by atoms with Gasteiger partial charge < -0.3 is 10.1 Å². The lowest BCUT2D eigenvalue weighted by molar-refractivity contribution is 0.416. The average molecular weight is 186 g/mol. The fourth-order valence-electron chi connectivity index (χ4n) is 1.14. The standard InChI is InChI=1S/C9H12ClNO/c1-6-7(10)4-5-8(12-3)9(6)11-2/h4-5,11H,1-3H3. The molecule has 66 valence electrons. The molecule has 0 aromatic heterocycles. The SMILES string of the molecule is CNc1c(OC)ccc(Cl)c1C. The Balaban J connectivity index is 3.25. The van der Waals surface area contributed by atoms with Crippen molar-refractivity contribution in [3.63, 3.8) is 0 Å². The molecule has 0 amide bonds. The molecule has 0 aliphatic rings. The van der Waals surface area contributed by atoms with Gasteiger partial charge in [0.2, 0.25) is 0 Å². The highest BCUT2D eigenvalue weighted by Gasteiger charge is 2.06. The summed E-state index contributed by atoms with van der Waals surface area (Å²) in [5, 5.41) is 3.80. The predicted molar refractivity (Wildman–Crippen MR) is 52.3 cm³/mol. The van der Waals surface area contributed by atoms with E-state index in [0.717, 1.165) is 22.0 Å². The summed E-state index contributed by atoms with van der Waals surface area (Å²) in [4.78, 5) is 0. The Bertz CT molecular complexity index is 286. The number of anilines is 1. The zero-order valence-corrected chi connectivity index (χ0v) is 8.20. The zero-order valence-electron chi connectivity index (χ0n) is 7.44. The molecule has 0 unspecified atom stereocenters. The van der Waals surface area contributed by atoms with Crippen LogP contribution < -0.4 is 10.1 Å². The van der Waals surface area contributed by atoms with Gasteiger partial charge in [0.05, 0.1) is 12.8 Å². The number of hydrogen-bond donors (Lipinski definition) is 1. The van der Waals surface area contributed by atoms with E-state index in [4.69, 9.17) is 16.3 Å². The molecule has 0 atom stereocenters. The molecule has 0 saturated heterocycles. The lowest BCUT2D eigenvalue weighted by Gasteiger charge is -2.11. The van der Waals surface area contributed by atoms with Gasteiger partial charge in [0.1, 0.15) is 5.75 Å². The minimum Gasteiger partial charge on any atom is -0.495 e. The van der Waals surface area contributed by atoms with Gasteiger partial charge >= 0.3 is 0 Å². The summed E-state index contributed by atoms with van der Waals surface area (Å²) in [5.41, 5.74) is 1.96. The fraction of sp³-hybridized carbons (Fsp3) is 0.333. The number of benzene rings is 1. The van der Waals surface area contributed by atoms with Gasteiger partial charge in [-0.3, -0.25) is 0 Å². The molecule has 1 aromatic rings. The normalized spacial score (nSPS) is 9.67. The van der Waals surface area contributed by atoms with Crippen LogP contribution in [-0.4, -0.2) is 14.2 Å². The predicted octanol–water partition coefficient (Wildman–Crippen LogP) is 2.70. The monoisotopic (exact) mass is 185 g/mol. The second-order valence-electron chi connectivity index (χ2n) is 2.50. The summed E-state index contributed by atoms with van der Waals surface area (Å²) >= 11 is 5.93. The maximum atomic E-state index is 5.93. The first-order chi connectivity index (χ1) is 5.70. The van der Waals surface area contributed by atoms with Crippen LogP contribution in [0.5, 0.6) is 5.75 Å². The molecule has 0 fully saturated rings. The first-order valence-corrected chi connectivity index (χ1v) is 4.09. The third kappa shape index (κ3) is 1.48. The Hall–Kier alpha value is -0.890. The Morgan fingerprint density at radius 3 is 2.58 bits per heavy atom. The van der Waals surface area contributed by atoms with E-state index in [1.54, 1.807) is 7.11 Å². The smallest absolute Gasteiger partial charge is 0.142 e. The van der Waals surface area contributed by atoms with Gasteiger partial charge in [-0.05, 0) is 24.6 Å². The first-order valence-electron chi connectivity index (χ1n) is 3.71. The van der Waals surface area contributed by atoms with E-state index in [9.17, 15) is 0 Å². The van der Waals surface area contributed by atoms with Crippen LogP contribution >= 0.6 is 11.6 Å². The van der Waals surface area contributed by atoms with Gasteiger partial charge in [-0.1, -0.05) is 11.6 Å². The maximum absolute atomic E-state index is 5.93. The van der Waals surface area contributed by atoms with Crippen LogP contribution in [0.25, 0.3) is 0 Å². The Labute approximate surface area is 77.5 Å². The third-order valence-corrected chi connectivity index (χ3v) is 2.24. The Morgan fingerprint density at radius 1 is 1.42 bits per heavy atom. The Kier molecular flexibility index (Phi) is 2.82. The molecule has 0 radical (unpaired) electrons. The van der Waals surface area contributed by atoms with E-state index >= 15 is 0 Å². The van der Waals surface area contributed by atoms with Gasteiger partial charge in [-0.15, -0.1) is 0 Å². The van der Waals surface area contributed by atoms with Crippen molar-refractivity contribution in [2.75, 3.05) is 19.5 Å². The molecule has 3 heteroatoms. The van der Waals surface area contributed by atoms with Gasteiger partial charge in [-0.2, -0.15) is 0 Å². The molecule has 1 aromatic carbocycles. The van der Waals surface area contributed by atoms with E-state index in [0.29, 0.717) is 0 Å². The fourth-order valence-corrected chi connectivity index (χ4v) is 1.30. The second kappa shape index (κ2) is 3.68. The number of halogens is 1. The summed E-state index contributed by atoms with van der Waals surface area (Å²) in [6, 6.07) is 3.68. The van der Waals surface area contributed by atoms with Crippen molar-refractivity contribution >= 4 is 17.3 Å². The van der Waals surface area contributed by atoms with Crippen molar-refractivity contribution in [2.45, 2.75) is 6.92 Å². The highest BCUT2D eigenvalue weighted by Crippen LogP contribution is 2.32. The van der Waals surface area contributed by atoms with E-state index in [1.165, 1.54) is 0 Å². The topological polar surface area (TPSA) is 21.3 Å².